The number of para-hydroxylation sites is 1. The first-order valence-electron chi connectivity index (χ1n) is 9.45. The first kappa shape index (κ1) is 19.5. The van der Waals surface area contributed by atoms with Gasteiger partial charge < -0.3 is 4.74 Å². The topological polar surface area (TPSA) is 97.4 Å². The molecule has 1 aliphatic carbocycles. The molecule has 2 amide bonds. The number of esters is 1. The Morgan fingerprint density at radius 2 is 1.77 bits per heavy atom. The number of pyridine rings is 1. The van der Waals surface area contributed by atoms with Gasteiger partial charge >= 0.3 is 5.97 Å². The summed E-state index contributed by atoms with van der Waals surface area (Å²) in [5, 5.41) is 0.688. The van der Waals surface area contributed by atoms with E-state index in [-0.39, 0.29) is 5.56 Å². The van der Waals surface area contributed by atoms with Crippen LogP contribution in [0.1, 0.15) is 38.4 Å². The van der Waals surface area contributed by atoms with Crippen LogP contribution in [0.5, 0.6) is 0 Å². The Labute approximate surface area is 171 Å². The molecule has 0 fully saturated rings. The normalized spacial score (nSPS) is 12.3. The number of ether oxygens (including phenoxy) is 1. The number of hydrogen-bond acceptors (Lipinski definition) is 5. The van der Waals surface area contributed by atoms with E-state index in [1.807, 2.05) is 18.2 Å². The molecule has 0 unspecified atom stereocenters. The van der Waals surface area contributed by atoms with Gasteiger partial charge in [0.25, 0.3) is 11.8 Å². The molecule has 7 nitrogen and oxygen atoms in total. The third-order valence-electron chi connectivity index (χ3n) is 4.88. The van der Waals surface area contributed by atoms with Crippen molar-refractivity contribution in [2.75, 3.05) is 6.61 Å². The summed E-state index contributed by atoms with van der Waals surface area (Å²) >= 11 is 0. The van der Waals surface area contributed by atoms with Crippen LogP contribution in [-0.4, -0.2) is 29.4 Å². The minimum absolute atomic E-state index is 0.174. The third-order valence-corrected chi connectivity index (χ3v) is 4.88. The average Bonchev–Trinajstić information content (AvgIpc) is 3.22. The molecular formula is C22H18FN3O4. The number of benzene rings is 2. The molecule has 2 N–H and O–H groups in total. The van der Waals surface area contributed by atoms with Gasteiger partial charge in [0, 0.05) is 16.6 Å². The van der Waals surface area contributed by atoms with Crippen LogP contribution >= 0.6 is 0 Å². The highest BCUT2D eigenvalue weighted by molar-refractivity contribution is 6.05. The Morgan fingerprint density at radius 1 is 1.00 bits per heavy atom. The quantitative estimate of drug-likeness (QED) is 0.512. The molecule has 152 valence electrons. The number of fused-ring (bicyclic) bond motifs is 2. The number of nitrogens with zero attached hydrogens (tertiary/aromatic N) is 1. The lowest BCUT2D eigenvalue weighted by atomic mass is 10.0. The van der Waals surface area contributed by atoms with Crippen LogP contribution in [0.25, 0.3) is 10.9 Å². The number of carbonyl (C=O) groups excluding carboxylic acids is 3. The summed E-state index contributed by atoms with van der Waals surface area (Å²) in [4.78, 5) is 41.3. The molecule has 8 heteroatoms. The highest BCUT2D eigenvalue weighted by Crippen LogP contribution is 2.30. The molecular weight excluding hydrogens is 389 g/mol. The smallest absolute Gasteiger partial charge is 0.339 e. The summed E-state index contributed by atoms with van der Waals surface area (Å²) in [6.07, 6.45) is 2.45. The Morgan fingerprint density at radius 3 is 2.57 bits per heavy atom. The average molecular weight is 407 g/mol. The second-order valence-corrected chi connectivity index (χ2v) is 6.87. The monoisotopic (exact) mass is 407 g/mol. The summed E-state index contributed by atoms with van der Waals surface area (Å²) in [6.45, 7) is -0.562. The maximum absolute atomic E-state index is 12.9. The van der Waals surface area contributed by atoms with E-state index in [0.717, 1.165) is 42.7 Å². The number of amides is 2. The molecule has 0 saturated carbocycles. The second kappa shape index (κ2) is 8.28. The minimum atomic E-state index is -0.700. The fourth-order valence-electron chi connectivity index (χ4n) is 3.48. The first-order chi connectivity index (χ1) is 14.5. The zero-order valence-corrected chi connectivity index (χ0v) is 15.9. The summed E-state index contributed by atoms with van der Waals surface area (Å²) in [6, 6.07) is 12.1. The Balaban J connectivity index is 1.40. The summed E-state index contributed by atoms with van der Waals surface area (Å²) < 4.78 is 18.1. The SMILES string of the molecule is O=C(COC(=O)c1c2c(nc3ccccc13)CCC2)NNC(=O)c1ccc(F)cc1. The van der Waals surface area contributed by atoms with E-state index in [0.29, 0.717) is 16.5 Å². The molecule has 1 aromatic heterocycles. The van der Waals surface area contributed by atoms with Gasteiger partial charge in [-0.3, -0.25) is 25.4 Å². The van der Waals surface area contributed by atoms with E-state index in [2.05, 4.69) is 15.8 Å². The van der Waals surface area contributed by atoms with Crippen molar-refractivity contribution in [3.8, 4) is 0 Å². The van der Waals surface area contributed by atoms with Gasteiger partial charge in [-0.2, -0.15) is 0 Å². The maximum Gasteiger partial charge on any atom is 0.339 e. The molecule has 3 aromatic rings. The number of aromatic nitrogens is 1. The number of nitrogens with one attached hydrogen (secondary N) is 2. The minimum Gasteiger partial charge on any atom is -0.452 e. The van der Waals surface area contributed by atoms with Gasteiger partial charge in [-0.05, 0) is 55.2 Å². The van der Waals surface area contributed by atoms with Gasteiger partial charge in [0.1, 0.15) is 5.82 Å². The van der Waals surface area contributed by atoms with Gasteiger partial charge in [-0.25, -0.2) is 9.18 Å². The highest BCUT2D eigenvalue weighted by atomic mass is 19.1. The lowest BCUT2D eigenvalue weighted by molar-refractivity contribution is -0.125. The predicted molar refractivity (Wildman–Crippen MR) is 106 cm³/mol. The van der Waals surface area contributed by atoms with Crippen molar-refractivity contribution in [2.45, 2.75) is 19.3 Å². The molecule has 0 spiro atoms. The fraction of sp³-hybridized carbons (Fsp3) is 0.182. The number of aryl methyl sites for hydroxylation is 1. The van der Waals surface area contributed by atoms with Crippen LogP contribution in [0.2, 0.25) is 0 Å². The van der Waals surface area contributed by atoms with Gasteiger partial charge in [0.2, 0.25) is 0 Å². The molecule has 1 heterocycles. The lowest BCUT2D eigenvalue weighted by Gasteiger charge is -2.12. The van der Waals surface area contributed by atoms with Crippen molar-refractivity contribution in [1.29, 1.82) is 0 Å². The molecule has 0 radical (unpaired) electrons. The summed E-state index contributed by atoms with van der Waals surface area (Å²) in [5.74, 6) is -2.40. The van der Waals surface area contributed by atoms with E-state index in [9.17, 15) is 18.8 Å². The van der Waals surface area contributed by atoms with Crippen LogP contribution in [0.4, 0.5) is 4.39 Å². The van der Waals surface area contributed by atoms with Crippen LogP contribution in [0.15, 0.2) is 48.5 Å². The van der Waals surface area contributed by atoms with Crippen LogP contribution in [-0.2, 0) is 22.4 Å². The van der Waals surface area contributed by atoms with Crippen molar-refractivity contribution < 1.29 is 23.5 Å². The summed E-state index contributed by atoms with van der Waals surface area (Å²) in [7, 11) is 0. The molecule has 0 aliphatic heterocycles. The zero-order valence-electron chi connectivity index (χ0n) is 15.9. The standard InChI is InChI=1S/C22H18FN3O4/c23-14-10-8-13(9-11-14)21(28)26-25-19(27)12-30-22(29)20-15-4-1-2-6-17(15)24-18-7-3-5-16(18)20/h1-2,4,6,8-11H,3,5,7,12H2,(H,25,27)(H,26,28). The van der Waals surface area contributed by atoms with Crippen molar-refractivity contribution in [2.24, 2.45) is 0 Å². The van der Waals surface area contributed by atoms with Gasteiger partial charge in [-0.15, -0.1) is 0 Å². The summed E-state index contributed by atoms with van der Waals surface area (Å²) in [5.41, 5.74) is 7.44. The van der Waals surface area contributed by atoms with Crippen LogP contribution in [0, 0.1) is 5.82 Å². The lowest BCUT2D eigenvalue weighted by Crippen LogP contribution is -2.43. The van der Waals surface area contributed by atoms with Crippen LogP contribution in [0.3, 0.4) is 0 Å². The van der Waals surface area contributed by atoms with E-state index in [1.54, 1.807) is 6.07 Å². The maximum atomic E-state index is 12.9. The van der Waals surface area contributed by atoms with Crippen molar-refractivity contribution in [1.82, 2.24) is 15.8 Å². The van der Waals surface area contributed by atoms with Crippen LogP contribution < -0.4 is 10.9 Å². The van der Waals surface area contributed by atoms with Crippen molar-refractivity contribution in [3.63, 3.8) is 0 Å². The largest absolute Gasteiger partial charge is 0.452 e. The Hall–Kier alpha value is -3.81. The molecule has 0 bridgehead atoms. The molecule has 1 aliphatic rings. The van der Waals surface area contributed by atoms with E-state index in [4.69, 9.17) is 4.74 Å². The molecule has 0 saturated heterocycles. The van der Waals surface area contributed by atoms with Gasteiger partial charge in [0.15, 0.2) is 6.61 Å². The Bertz CT molecular complexity index is 1150. The number of hydrogen-bond donors (Lipinski definition) is 2. The highest BCUT2D eigenvalue weighted by Gasteiger charge is 2.25. The number of hydrazine groups is 1. The van der Waals surface area contributed by atoms with Crippen molar-refractivity contribution in [3.05, 3.63) is 76.7 Å². The van der Waals surface area contributed by atoms with E-state index < -0.39 is 30.2 Å². The third kappa shape index (κ3) is 3.98. The number of halogens is 1. The molecule has 30 heavy (non-hydrogen) atoms. The first-order valence-corrected chi connectivity index (χ1v) is 9.45. The zero-order chi connectivity index (χ0) is 21.1. The predicted octanol–water partition coefficient (Wildman–Crippen LogP) is 2.48. The van der Waals surface area contributed by atoms with E-state index >= 15 is 0 Å². The number of rotatable bonds is 4. The number of carbonyl (C=O) groups is 3. The Kier molecular flexibility index (Phi) is 5.38. The second-order valence-electron chi connectivity index (χ2n) is 6.87. The van der Waals surface area contributed by atoms with Crippen molar-refractivity contribution >= 4 is 28.7 Å². The fourth-order valence-corrected chi connectivity index (χ4v) is 3.48. The van der Waals surface area contributed by atoms with Gasteiger partial charge in [-0.1, -0.05) is 18.2 Å². The molecule has 0 atom stereocenters. The van der Waals surface area contributed by atoms with E-state index in [1.165, 1.54) is 12.1 Å². The molecule has 2 aromatic carbocycles. The van der Waals surface area contributed by atoms with Gasteiger partial charge in [0.05, 0.1) is 11.1 Å². The molecule has 4 rings (SSSR count).